The Kier molecular flexibility index (Phi) is 5.67. The smallest absolute Gasteiger partial charge is 0.291 e. The molecular formula is C23H28N4O2. The molecule has 1 aromatic heterocycles. The van der Waals surface area contributed by atoms with Gasteiger partial charge in [-0.2, -0.15) is 0 Å². The highest BCUT2D eigenvalue weighted by Crippen LogP contribution is 2.23. The van der Waals surface area contributed by atoms with Gasteiger partial charge in [0.15, 0.2) is 0 Å². The summed E-state index contributed by atoms with van der Waals surface area (Å²) in [6.07, 6.45) is 0. The van der Waals surface area contributed by atoms with E-state index in [0.29, 0.717) is 17.8 Å². The van der Waals surface area contributed by atoms with Crippen molar-refractivity contribution >= 4 is 16.8 Å². The highest BCUT2D eigenvalue weighted by atomic mass is 16.5. The first-order chi connectivity index (χ1) is 14.0. The van der Waals surface area contributed by atoms with E-state index in [1.165, 1.54) is 11.1 Å². The molecule has 3 aromatic rings. The Morgan fingerprint density at radius 3 is 2.45 bits per heavy atom. The molecule has 0 saturated carbocycles. The van der Waals surface area contributed by atoms with Crippen LogP contribution in [0.5, 0.6) is 0 Å². The van der Waals surface area contributed by atoms with Gasteiger partial charge < -0.3 is 4.98 Å². The Hall–Kier alpha value is -2.67. The van der Waals surface area contributed by atoms with Gasteiger partial charge >= 0.3 is 0 Å². The summed E-state index contributed by atoms with van der Waals surface area (Å²) >= 11 is 0. The number of carbonyl (C=O) groups excluding carboxylic acids is 1. The summed E-state index contributed by atoms with van der Waals surface area (Å²) in [5.74, 6) is -0.528. The molecule has 1 amide bonds. The third-order valence-corrected chi connectivity index (χ3v) is 5.82. The van der Waals surface area contributed by atoms with Gasteiger partial charge in [-0.15, -0.1) is 0 Å². The van der Waals surface area contributed by atoms with Crippen LogP contribution in [0.2, 0.25) is 0 Å². The maximum absolute atomic E-state index is 11.6. The molecule has 2 atom stereocenters. The fourth-order valence-corrected chi connectivity index (χ4v) is 4.42. The molecule has 2 heterocycles. The van der Waals surface area contributed by atoms with Crippen LogP contribution in [0.4, 0.5) is 0 Å². The van der Waals surface area contributed by atoms with Crippen LogP contribution in [0, 0.1) is 0 Å². The number of rotatable bonds is 5. The van der Waals surface area contributed by atoms with Gasteiger partial charge in [0, 0.05) is 49.2 Å². The molecule has 1 fully saturated rings. The van der Waals surface area contributed by atoms with Crippen LogP contribution >= 0.6 is 0 Å². The molecule has 4 rings (SSSR count). The molecule has 0 radical (unpaired) electrons. The van der Waals surface area contributed by atoms with E-state index >= 15 is 0 Å². The van der Waals surface area contributed by atoms with Crippen LogP contribution in [-0.4, -0.2) is 51.1 Å². The minimum atomic E-state index is -0.528. The molecule has 6 heteroatoms. The number of fused-ring (bicyclic) bond motifs is 1. The number of amides is 1. The first-order valence-corrected chi connectivity index (χ1v) is 10.1. The third kappa shape index (κ3) is 4.34. The lowest BCUT2D eigenvalue weighted by molar-refractivity contribution is 0.0290. The fourth-order valence-electron chi connectivity index (χ4n) is 4.42. The van der Waals surface area contributed by atoms with E-state index < -0.39 is 5.91 Å². The number of benzene rings is 2. The van der Waals surface area contributed by atoms with Crippen molar-refractivity contribution in [1.82, 2.24) is 20.3 Å². The van der Waals surface area contributed by atoms with Crippen molar-refractivity contribution in [3.8, 4) is 0 Å². The Balaban J connectivity index is 1.43. The van der Waals surface area contributed by atoms with Gasteiger partial charge in [-0.3, -0.25) is 19.8 Å². The summed E-state index contributed by atoms with van der Waals surface area (Å²) in [5.41, 5.74) is 5.51. The van der Waals surface area contributed by atoms with Crippen molar-refractivity contribution in [2.75, 3.05) is 13.1 Å². The molecule has 1 aliphatic heterocycles. The van der Waals surface area contributed by atoms with E-state index in [1.807, 2.05) is 6.07 Å². The second-order valence-corrected chi connectivity index (χ2v) is 8.10. The first-order valence-electron chi connectivity index (χ1n) is 10.1. The predicted molar refractivity (Wildman–Crippen MR) is 114 cm³/mol. The van der Waals surface area contributed by atoms with E-state index in [1.54, 1.807) is 11.5 Å². The molecule has 1 saturated heterocycles. The van der Waals surface area contributed by atoms with Gasteiger partial charge in [0.2, 0.25) is 0 Å². The topological polar surface area (TPSA) is 71.6 Å². The molecule has 152 valence electrons. The van der Waals surface area contributed by atoms with Crippen LogP contribution < -0.4 is 5.48 Å². The Morgan fingerprint density at radius 2 is 1.76 bits per heavy atom. The number of hydrogen-bond donors (Lipinski definition) is 3. The van der Waals surface area contributed by atoms with Crippen LogP contribution in [0.15, 0.2) is 54.6 Å². The molecule has 1 aliphatic rings. The van der Waals surface area contributed by atoms with Crippen LogP contribution in [0.1, 0.15) is 35.5 Å². The number of H-pyrrole nitrogens is 1. The lowest BCUT2D eigenvalue weighted by Gasteiger charge is -2.44. The standard InChI is InChI=1S/C23H28N4O2/c1-16-12-26(13-17(2)27(16)15-18-6-4-3-5-7-18)14-19-8-9-21-20(10-19)11-22(24-21)23(28)25-29/h3-11,16-17,24,29H,12-15H2,1-2H3,(H,25,28). The largest absolute Gasteiger partial charge is 0.350 e. The van der Waals surface area contributed by atoms with Gasteiger partial charge in [0.05, 0.1) is 0 Å². The molecule has 29 heavy (non-hydrogen) atoms. The summed E-state index contributed by atoms with van der Waals surface area (Å²) < 4.78 is 0. The Bertz CT molecular complexity index is 973. The van der Waals surface area contributed by atoms with Crippen molar-refractivity contribution in [1.29, 1.82) is 0 Å². The van der Waals surface area contributed by atoms with Crippen molar-refractivity contribution in [3.63, 3.8) is 0 Å². The van der Waals surface area contributed by atoms with E-state index in [2.05, 4.69) is 71.1 Å². The highest BCUT2D eigenvalue weighted by molar-refractivity contribution is 5.97. The number of carbonyl (C=O) groups is 1. The van der Waals surface area contributed by atoms with E-state index in [4.69, 9.17) is 5.21 Å². The van der Waals surface area contributed by atoms with Crippen molar-refractivity contribution in [3.05, 3.63) is 71.4 Å². The summed E-state index contributed by atoms with van der Waals surface area (Å²) in [6, 6.07) is 19.6. The summed E-state index contributed by atoms with van der Waals surface area (Å²) in [6.45, 7) is 8.54. The number of hydroxylamine groups is 1. The molecule has 0 spiro atoms. The van der Waals surface area contributed by atoms with Gasteiger partial charge in [0.25, 0.3) is 5.91 Å². The summed E-state index contributed by atoms with van der Waals surface area (Å²) in [4.78, 5) is 19.7. The maximum atomic E-state index is 11.6. The first kappa shape index (κ1) is 19.6. The maximum Gasteiger partial charge on any atom is 0.291 e. The van der Waals surface area contributed by atoms with Crippen LogP contribution in [0.3, 0.4) is 0 Å². The molecule has 2 unspecified atom stereocenters. The zero-order valence-electron chi connectivity index (χ0n) is 16.9. The quantitative estimate of drug-likeness (QED) is 0.460. The number of nitrogens with zero attached hydrogens (tertiary/aromatic N) is 2. The lowest BCUT2D eigenvalue weighted by atomic mass is 10.0. The minimum Gasteiger partial charge on any atom is -0.350 e. The van der Waals surface area contributed by atoms with Crippen LogP contribution in [-0.2, 0) is 13.1 Å². The normalized spacial score (nSPS) is 20.8. The van der Waals surface area contributed by atoms with Crippen molar-refractivity contribution in [2.24, 2.45) is 0 Å². The minimum absolute atomic E-state index is 0.358. The monoisotopic (exact) mass is 392 g/mol. The molecule has 0 aliphatic carbocycles. The SMILES string of the molecule is CC1CN(Cc2ccc3[nH]c(C(=O)NO)cc3c2)CC(C)N1Cc1ccccc1. The van der Waals surface area contributed by atoms with E-state index in [-0.39, 0.29) is 0 Å². The summed E-state index contributed by atoms with van der Waals surface area (Å²) in [7, 11) is 0. The zero-order chi connectivity index (χ0) is 20.4. The van der Waals surface area contributed by atoms with Gasteiger partial charge in [0.1, 0.15) is 5.69 Å². The van der Waals surface area contributed by atoms with Crippen LogP contribution in [0.25, 0.3) is 10.9 Å². The number of piperazine rings is 1. The number of nitrogens with one attached hydrogen (secondary N) is 2. The average Bonchev–Trinajstić information content (AvgIpc) is 3.14. The van der Waals surface area contributed by atoms with E-state index in [9.17, 15) is 4.79 Å². The number of aromatic nitrogens is 1. The second kappa shape index (κ2) is 8.37. The molecular weight excluding hydrogens is 364 g/mol. The highest BCUT2D eigenvalue weighted by Gasteiger charge is 2.29. The van der Waals surface area contributed by atoms with Gasteiger partial charge in [-0.1, -0.05) is 36.4 Å². The molecule has 2 aromatic carbocycles. The zero-order valence-corrected chi connectivity index (χ0v) is 16.9. The number of hydrogen-bond acceptors (Lipinski definition) is 4. The molecule has 6 nitrogen and oxygen atoms in total. The molecule has 3 N–H and O–H groups in total. The molecule has 0 bridgehead atoms. The Labute approximate surface area is 171 Å². The number of aromatic amines is 1. The summed E-state index contributed by atoms with van der Waals surface area (Å²) in [5, 5.41) is 9.80. The average molecular weight is 393 g/mol. The Morgan fingerprint density at radius 1 is 1.03 bits per heavy atom. The van der Waals surface area contributed by atoms with Gasteiger partial charge in [-0.05, 0) is 43.2 Å². The fraction of sp³-hybridized carbons (Fsp3) is 0.348. The van der Waals surface area contributed by atoms with Crippen molar-refractivity contribution < 1.29 is 10.0 Å². The lowest BCUT2D eigenvalue weighted by Crippen LogP contribution is -2.55. The van der Waals surface area contributed by atoms with E-state index in [0.717, 1.165) is 37.1 Å². The van der Waals surface area contributed by atoms with Crippen molar-refractivity contribution in [2.45, 2.75) is 39.0 Å². The predicted octanol–water partition coefficient (Wildman–Crippen LogP) is 3.38. The second-order valence-electron chi connectivity index (χ2n) is 8.10. The van der Waals surface area contributed by atoms with Gasteiger partial charge in [-0.25, -0.2) is 5.48 Å². The third-order valence-electron chi connectivity index (χ3n) is 5.82.